The lowest BCUT2D eigenvalue weighted by Crippen LogP contribution is -2.26. The minimum Gasteiger partial charge on any atom is -0.199 e. The van der Waals surface area contributed by atoms with E-state index in [0.717, 1.165) is 11.0 Å². The Hall–Kier alpha value is -1.15. The standard InChI is InChI=1S/C20H25BrN/c1-5-6-7-12-22-14(2)20(3,4)19-17-10-9-16(21)13-15(17)8-11-18(19)22/h8-11,13H,5-7,12H2,1-4H3/q+1. The van der Waals surface area contributed by atoms with Crippen molar-refractivity contribution in [3.8, 4) is 0 Å². The zero-order valence-corrected chi connectivity index (χ0v) is 15.6. The lowest BCUT2D eigenvalue weighted by Gasteiger charge is -2.17. The summed E-state index contributed by atoms with van der Waals surface area (Å²) in [6.45, 7) is 10.4. The molecule has 2 aromatic rings. The number of hydrogen-bond donors (Lipinski definition) is 0. The van der Waals surface area contributed by atoms with Gasteiger partial charge in [0.1, 0.15) is 6.54 Å². The van der Waals surface area contributed by atoms with Crippen LogP contribution >= 0.6 is 15.9 Å². The smallest absolute Gasteiger partial charge is 0.199 e. The van der Waals surface area contributed by atoms with Gasteiger partial charge in [0.25, 0.3) is 0 Å². The molecule has 0 radical (unpaired) electrons. The summed E-state index contributed by atoms with van der Waals surface area (Å²) in [6.07, 6.45) is 3.84. The van der Waals surface area contributed by atoms with E-state index in [0.29, 0.717) is 0 Å². The van der Waals surface area contributed by atoms with Crippen molar-refractivity contribution in [2.75, 3.05) is 6.54 Å². The van der Waals surface area contributed by atoms with Crippen molar-refractivity contribution >= 4 is 38.1 Å². The van der Waals surface area contributed by atoms with Crippen LogP contribution in [0.2, 0.25) is 0 Å². The number of hydrogen-bond acceptors (Lipinski definition) is 0. The van der Waals surface area contributed by atoms with Gasteiger partial charge in [-0.15, -0.1) is 0 Å². The molecule has 116 valence electrons. The number of fused-ring (bicyclic) bond motifs is 3. The van der Waals surface area contributed by atoms with Gasteiger partial charge in [-0.2, -0.15) is 4.58 Å². The predicted octanol–water partition coefficient (Wildman–Crippen LogP) is 6.19. The van der Waals surface area contributed by atoms with Crippen LogP contribution in [0.5, 0.6) is 0 Å². The molecule has 0 atom stereocenters. The molecule has 0 N–H and O–H groups in total. The summed E-state index contributed by atoms with van der Waals surface area (Å²) < 4.78 is 3.70. The van der Waals surface area contributed by atoms with Crippen molar-refractivity contribution in [1.82, 2.24) is 0 Å². The second-order valence-corrected chi connectivity index (χ2v) is 7.81. The normalized spacial score (nSPS) is 16.4. The van der Waals surface area contributed by atoms with E-state index in [1.54, 1.807) is 0 Å². The van der Waals surface area contributed by atoms with Crippen LogP contribution in [0.4, 0.5) is 5.69 Å². The fourth-order valence-corrected chi connectivity index (χ4v) is 4.06. The number of unbranched alkanes of at least 4 members (excludes halogenated alkanes) is 2. The van der Waals surface area contributed by atoms with Crippen LogP contribution in [0, 0.1) is 0 Å². The first kappa shape index (κ1) is 15.7. The van der Waals surface area contributed by atoms with Gasteiger partial charge in [0.2, 0.25) is 5.69 Å². The van der Waals surface area contributed by atoms with Gasteiger partial charge in [-0.1, -0.05) is 35.3 Å². The van der Waals surface area contributed by atoms with E-state index < -0.39 is 0 Å². The first-order valence-electron chi connectivity index (χ1n) is 8.31. The second-order valence-electron chi connectivity index (χ2n) is 6.89. The van der Waals surface area contributed by atoms with E-state index in [9.17, 15) is 0 Å². The molecule has 1 heterocycles. The molecule has 2 aromatic carbocycles. The molecule has 1 aliphatic heterocycles. The Morgan fingerprint density at radius 3 is 2.59 bits per heavy atom. The molecule has 0 aromatic heterocycles. The first-order valence-corrected chi connectivity index (χ1v) is 9.10. The monoisotopic (exact) mass is 358 g/mol. The van der Waals surface area contributed by atoms with Crippen molar-refractivity contribution < 1.29 is 4.58 Å². The second kappa shape index (κ2) is 5.81. The van der Waals surface area contributed by atoms with Crippen LogP contribution in [-0.2, 0) is 5.41 Å². The van der Waals surface area contributed by atoms with E-state index >= 15 is 0 Å². The molecular weight excluding hydrogens is 334 g/mol. The fraction of sp³-hybridized carbons (Fsp3) is 0.450. The topological polar surface area (TPSA) is 3.01 Å². The van der Waals surface area contributed by atoms with Gasteiger partial charge >= 0.3 is 0 Å². The van der Waals surface area contributed by atoms with Crippen molar-refractivity contribution in [2.45, 2.75) is 52.4 Å². The largest absolute Gasteiger partial charge is 0.210 e. The van der Waals surface area contributed by atoms with Crippen LogP contribution in [0.1, 0.15) is 52.5 Å². The van der Waals surface area contributed by atoms with Gasteiger partial charge in [0, 0.05) is 29.4 Å². The Morgan fingerprint density at radius 2 is 1.86 bits per heavy atom. The summed E-state index contributed by atoms with van der Waals surface area (Å²) in [6, 6.07) is 11.2. The highest BCUT2D eigenvalue weighted by Crippen LogP contribution is 2.44. The molecule has 1 aliphatic rings. The molecule has 3 rings (SSSR count). The average molecular weight is 359 g/mol. The summed E-state index contributed by atoms with van der Waals surface area (Å²) in [4.78, 5) is 0. The highest BCUT2D eigenvalue weighted by Gasteiger charge is 2.43. The van der Waals surface area contributed by atoms with Crippen molar-refractivity contribution in [1.29, 1.82) is 0 Å². The van der Waals surface area contributed by atoms with Crippen LogP contribution < -0.4 is 0 Å². The Kier molecular flexibility index (Phi) is 4.15. The zero-order valence-electron chi connectivity index (χ0n) is 14.0. The van der Waals surface area contributed by atoms with Gasteiger partial charge in [-0.05, 0) is 49.2 Å². The maximum absolute atomic E-state index is 3.59. The number of rotatable bonds is 4. The first-order chi connectivity index (χ1) is 10.5. The van der Waals surface area contributed by atoms with E-state index in [1.807, 2.05) is 0 Å². The van der Waals surface area contributed by atoms with Crippen LogP contribution in [0.25, 0.3) is 10.8 Å². The Morgan fingerprint density at radius 1 is 1.09 bits per heavy atom. The summed E-state index contributed by atoms with van der Waals surface area (Å²) in [7, 11) is 0. The maximum atomic E-state index is 3.59. The molecule has 0 unspecified atom stereocenters. The van der Waals surface area contributed by atoms with Crippen molar-refractivity contribution in [3.05, 3.63) is 40.4 Å². The minimum atomic E-state index is 0.106. The maximum Gasteiger partial charge on any atom is 0.210 e. The lowest BCUT2D eigenvalue weighted by atomic mass is 9.80. The third-order valence-electron chi connectivity index (χ3n) is 5.17. The van der Waals surface area contributed by atoms with Crippen molar-refractivity contribution in [2.24, 2.45) is 0 Å². The highest BCUT2D eigenvalue weighted by atomic mass is 79.9. The van der Waals surface area contributed by atoms with Gasteiger partial charge in [0.05, 0.1) is 5.41 Å². The van der Waals surface area contributed by atoms with Gasteiger partial charge in [0.15, 0.2) is 5.71 Å². The average Bonchev–Trinajstić information content (AvgIpc) is 2.68. The van der Waals surface area contributed by atoms with E-state index in [2.05, 4.69) is 78.5 Å². The molecule has 0 amide bonds. The van der Waals surface area contributed by atoms with Gasteiger partial charge in [-0.25, -0.2) is 0 Å². The zero-order chi connectivity index (χ0) is 15.9. The summed E-state index contributed by atoms with van der Waals surface area (Å²) in [5.41, 5.74) is 4.49. The molecule has 0 saturated carbocycles. The molecule has 0 aliphatic carbocycles. The summed E-state index contributed by atoms with van der Waals surface area (Å²) >= 11 is 3.59. The van der Waals surface area contributed by atoms with Gasteiger partial charge < -0.3 is 0 Å². The fourth-order valence-electron chi connectivity index (χ4n) is 3.68. The molecule has 0 saturated heterocycles. The Bertz CT molecular complexity index is 756. The number of nitrogens with zero attached hydrogens (tertiary/aromatic N) is 1. The molecular formula is C20H25BrN+. The predicted molar refractivity (Wildman–Crippen MR) is 99.7 cm³/mol. The molecule has 0 bridgehead atoms. The van der Waals surface area contributed by atoms with Crippen LogP contribution in [0.15, 0.2) is 34.8 Å². The summed E-state index contributed by atoms with van der Waals surface area (Å²) in [5, 5.41) is 2.72. The number of halogens is 1. The minimum absolute atomic E-state index is 0.106. The third kappa shape index (κ3) is 2.42. The van der Waals surface area contributed by atoms with Crippen molar-refractivity contribution in [3.63, 3.8) is 0 Å². The molecule has 1 nitrogen and oxygen atoms in total. The lowest BCUT2D eigenvalue weighted by molar-refractivity contribution is -0.439. The molecule has 22 heavy (non-hydrogen) atoms. The molecule has 0 fully saturated rings. The van der Waals surface area contributed by atoms with Crippen LogP contribution in [-0.4, -0.2) is 16.8 Å². The van der Waals surface area contributed by atoms with E-state index in [-0.39, 0.29) is 5.41 Å². The van der Waals surface area contributed by atoms with E-state index in [1.165, 1.54) is 47.0 Å². The number of benzene rings is 2. The van der Waals surface area contributed by atoms with E-state index in [4.69, 9.17) is 0 Å². The Balaban J connectivity index is 2.16. The van der Waals surface area contributed by atoms with Crippen LogP contribution in [0.3, 0.4) is 0 Å². The molecule has 0 spiro atoms. The SMILES string of the molecule is CCCCC[N+]1=C(C)C(C)(C)c2c1ccc1cc(Br)ccc21. The molecule has 2 heteroatoms. The third-order valence-corrected chi connectivity index (χ3v) is 5.66. The van der Waals surface area contributed by atoms with Gasteiger partial charge in [-0.3, -0.25) is 0 Å². The highest BCUT2D eigenvalue weighted by molar-refractivity contribution is 9.10. The quantitative estimate of drug-likeness (QED) is 0.452. The summed E-state index contributed by atoms with van der Waals surface area (Å²) in [5.74, 6) is 0. The Labute approximate surface area is 142 Å².